The van der Waals surface area contributed by atoms with Crippen molar-refractivity contribution < 1.29 is 9.21 Å². The lowest BCUT2D eigenvalue weighted by molar-refractivity contribution is -0.116. The molecule has 1 amide bonds. The molecule has 0 saturated carbocycles. The standard InChI is InChI=1S/C27H19N3O2/c28-17-22-25(20-10-3-1-4-11-20)26(21-12-5-2-6-13-21)32-27(22)29-24(31)18-30-16-15-19-9-7-8-14-23(19)30/h1-16H,18H2,(H,29,31). The number of nitrogens with one attached hydrogen (secondary N) is 1. The lowest BCUT2D eigenvalue weighted by Gasteiger charge is -2.06. The van der Waals surface area contributed by atoms with Gasteiger partial charge >= 0.3 is 0 Å². The van der Waals surface area contributed by atoms with Gasteiger partial charge in [0.1, 0.15) is 23.9 Å². The van der Waals surface area contributed by atoms with E-state index in [0.29, 0.717) is 16.9 Å². The van der Waals surface area contributed by atoms with Crippen LogP contribution in [0.2, 0.25) is 0 Å². The Hall–Kier alpha value is -4.56. The molecular formula is C27H19N3O2. The number of carbonyl (C=O) groups is 1. The maximum Gasteiger partial charge on any atom is 0.246 e. The quantitative estimate of drug-likeness (QED) is 0.377. The monoisotopic (exact) mass is 417 g/mol. The third kappa shape index (κ3) is 3.55. The average molecular weight is 417 g/mol. The normalized spacial score (nSPS) is 10.7. The molecule has 0 unspecified atom stereocenters. The van der Waals surface area contributed by atoms with Gasteiger partial charge in [0.25, 0.3) is 0 Å². The third-order valence-electron chi connectivity index (χ3n) is 5.37. The van der Waals surface area contributed by atoms with Gasteiger partial charge in [-0.2, -0.15) is 5.26 Å². The van der Waals surface area contributed by atoms with Crippen LogP contribution in [-0.2, 0) is 11.3 Å². The minimum absolute atomic E-state index is 0.112. The molecule has 0 aliphatic heterocycles. The summed E-state index contributed by atoms with van der Waals surface area (Å²) in [4.78, 5) is 12.9. The van der Waals surface area contributed by atoms with Crippen LogP contribution in [0.5, 0.6) is 0 Å². The molecule has 1 N–H and O–H groups in total. The van der Waals surface area contributed by atoms with Crippen molar-refractivity contribution in [2.75, 3.05) is 5.32 Å². The summed E-state index contributed by atoms with van der Waals surface area (Å²) in [7, 11) is 0. The number of amides is 1. The van der Waals surface area contributed by atoms with Crippen molar-refractivity contribution in [3.05, 3.63) is 103 Å². The Labute approximate surface area is 185 Å². The molecule has 0 fully saturated rings. The molecule has 0 saturated heterocycles. The molecule has 0 aliphatic rings. The van der Waals surface area contributed by atoms with Crippen molar-refractivity contribution in [2.45, 2.75) is 6.54 Å². The molecule has 2 aromatic heterocycles. The van der Waals surface area contributed by atoms with Crippen LogP contribution in [0.15, 0.2) is 102 Å². The number of carbonyl (C=O) groups excluding carboxylic acids is 1. The van der Waals surface area contributed by atoms with Gasteiger partial charge in [-0.3, -0.25) is 10.1 Å². The first kappa shape index (κ1) is 19.4. The largest absolute Gasteiger partial charge is 0.438 e. The number of benzene rings is 3. The second-order valence-corrected chi connectivity index (χ2v) is 7.40. The van der Waals surface area contributed by atoms with Crippen molar-refractivity contribution in [1.82, 2.24) is 4.57 Å². The van der Waals surface area contributed by atoms with E-state index in [1.165, 1.54) is 0 Å². The zero-order valence-corrected chi connectivity index (χ0v) is 17.2. The van der Waals surface area contributed by atoms with E-state index in [1.54, 1.807) is 0 Å². The SMILES string of the molecule is N#Cc1c(NC(=O)Cn2ccc3ccccc32)oc(-c2ccccc2)c1-c1ccccc1. The van der Waals surface area contributed by atoms with Gasteiger partial charge in [0.05, 0.1) is 0 Å². The fourth-order valence-electron chi connectivity index (χ4n) is 3.90. The Morgan fingerprint density at radius 1 is 0.875 bits per heavy atom. The topological polar surface area (TPSA) is 71.0 Å². The molecule has 5 aromatic rings. The molecular weight excluding hydrogens is 398 g/mol. The van der Waals surface area contributed by atoms with Gasteiger partial charge in [0.15, 0.2) is 0 Å². The van der Waals surface area contributed by atoms with Gasteiger partial charge in [0.2, 0.25) is 11.8 Å². The summed E-state index contributed by atoms with van der Waals surface area (Å²) < 4.78 is 7.96. The number of hydrogen-bond donors (Lipinski definition) is 1. The van der Waals surface area contributed by atoms with Crippen molar-refractivity contribution in [3.8, 4) is 28.5 Å². The molecule has 0 radical (unpaired) electrons. The minimum Gasteiger partial charge on any atom is -0.438 e. The lowest BCUT2D eigenvalue weighted by Crippen LogP contribution is -2.18. The van der Waals surface area contributed by atoms with E-state index >= 15 is 0 Å². The third-order valence-corrected chi connectivity index (χ3v) is 5.37. The lowest BCUT2D eigenvalue weighted by atomic mass is 9.98. The molecule has 0 atom stereocenters. The Balaban J connectivity index is 1.53. The molecule has 5 rings (SSSR count). The predicted octanol–water partition coefficient (Wildman–Crippen LogP) is 6.08. The first-order chi connectivity index (χ1) is 15.7. The zero-order chi connectivity index (χ0) is 21.9. The van der Waals surface area contributed by atoms with Gasteiger partial charge < -0.3 is 8.98 Å². The van der Waals surface area contributed by atoms with Crippen LogP contribution in [0.3, 0.4) is 0 Å². The second-order valence-electron chi connectivity index (χ2n) is 7.40. The number of anilines is 1. The summed E-state index contributed by atoms with van der Waals surface area (Å²) in [6, 6.07) is 31.3. The fraction of sp³-hybridized carbons (Fsp3) is 0.0370. The molecule has 5 heteroatoms. The van der Waals surface area contributed by atoms with Crippen LogP contribution in [0.4, 0.5) is 5.88 Å². The Morgan fingerprint density at radius 2 is 1.53 bits per heavy atom. The number of nitrogens with zero attached hydrogens (tertiary/aromatic N) is 2. The summed E-state index contributed by atoms with van der Waals surface area (Å²) in [6.07, 6.45) is 1.88. The van der Waals surface area contributed by atoms with Crippen molar-refractivity contribution >= 4 is 22.7 Å². The average Bonchev–Trinajstić information content (AvgIpc) is 3.41. The molecule has 32 heavy (non-hydrogen) atoms. The number of hydrogen-bond acceptors (Lipinski definition) is 3. The number of rotatable bonds is 5. The summed E-state index contributed by atoms with van der Waals surface area (Å²) >= 11 is 0. The predicted molar refractivity (Wildman–Crippen MR) is 125 cm³/mol. The summed E-state index contributed by atoms with van der Waals surface area (Å²) in [5.41, 5.74) is 3.63. The first-order valence-electron chi connectivity index (χ1n) is 10.3. The highest BCUT2D eigenvalue weighted by Crippen LogP contribution is 2.41. The molecule has 0 spiro atoms. The van der Waals surface area contributed by atoms with E-state index in [-0.39, 0.29) is 18.3 Å². The summed E-state index contributed by atoms with van der Waals surface area (Å²) in [6.45, 7) is 0.112. The molecule has 5 nitrogen and oxygen atoms in total. The minimum atomic E-state index is -0.268. The Morgan fingerprint density at radius 3 is 2.25 bits per heavy atom. The van der Waals surface area contributed by atoms with Gasteiger partial charge in [-0.05, 0) is 23.1 Å². The van der Waals surface area contributed by atoms with Gasteiger partial charge in [0, 0.05) is 22.8 Å². The van der Waals surface area contributed by atoms with Crippen LogP contribution in [0.25, 0.3) is 33.4 Å². The van der Waals surface area contributed by atoms with Gasteiger partial charge in [-0.25, -0.2) is 0 Å². The van der Waals surface area contributed by atoms with Crippen LogP contribution in [-0.4, -0.2) is 10.5 Å². The van der Waals surface area contributed by atoms with Crippen LogP contribution < -0.4 is 5.32 Å². The second kappa shape index (κ2) is 8.29. The van der Waals surface area contributed by atoms with Crippen LogP contribution >= 0.6 is 0 Å². The molecule has 0 aliphatic carbocycles. The van der Waals surface area contributed by atoms with Crippen LogP contribution in [0.1, 0.15) is 5.56 Å². The number of para-hydroxylation sites is 1. The molecule has 3 aromatic carbocycles. The number of nitriles is 1. The summed E-state index contributed by atoms with van der Waals surface area (Å²) in [5, 5.41) is 13.8. The van der Waals surface area contributed by atoms with E-state index in [0.717, 1.165) is 22.0 Å². The summed E-state index contributed by atoms with van der Waals surface area (Å²) in [5.74, 6) is 0.442. The van der Waals surface area contributed by atoms with Crippen molar-refractivity contribution in [3.63, 3.8) is 0 Å². The Bertz CT molecular complexity index is 1440. The molecule has 0 bridgehead atoms. The van der Waals surface area contributed by atoms with E-state index in [2.05, 4.69) is 11.4 Å². The fourth-order valence-corrected chi connectivity index (χ4v) is 3.90. The highest BCUT2D eigenvalue weighted by atomic mass is 16.4. The van der Waals surface area contributed by atoms with E-state index in [4.69, 9.17) is 4.42 Å². The van der Waals surface area contributed by atoms with Crippen molar-refractivity contribution in [2.24, 2.45) is 0 Å². The van der Waals surface area contributed by atoms with Crippen LogP contribution in [0, 0.1) is 11.3 Å². The van der Waals surface area contributed by atoms with Gasteiger partial charge in [-0.1, -0.05) is 78.9 Å². The van der Waals surface area contributed by atoms with E-state index < -0.39 is 0 Å². The zero-order valence-electron chi connectivity index (χ0n) is 17.2. The molecule has 154 valence electrons. The number of fused-ring (bicyclic) bond motifs is 1. The first-order valence-corrected chi connectivity index (χ1v) is 10.3. The number of furan rings is 1. The maximum atomic E-state index is 12.9. The van der Waals surface area contributed by atoms with Gasteiger partial charge in [-0.15, -0.1) is 0 Å². The smallest absolute Gasteiger partial charge is 0.246 e. The Kier molecular flexibility index (Phi) is 5.03. The molecule has 2 heterocycles. The van der Waals surface area contributed by atoms with Crippen molar-refractivity contribution in [1.29, 1.82) is 5.26 Å². The van der Waals surface area contributed by atoms with E-state index in [1.807, 2.05) is 102 Å². The highest BCUT2D eigenvalue weighted by Gasteiger charge is 2.24. The van der Waals surface area contributed by atoms with E-state index in [9.17, 15) is 10.1 Å². The highest BCUT2D eigenvalue weighted by molar-refractivity contribution is 5.96. The maximum absolute atomic E-state index is 12.9. The number of aromatic nitrogens is 1.